The van der Waals surface area contributed by atoms with Gasteiger partial charge < -0.3 is 9.80 Å². The van der Waals surface area contributed by atoms with Crippen LogP contribution < -0.4 is 4.90 Å². The van der Waals surface area contributed by atoms with Crippen LogP contribution in [0.2, 0.25) is 0 Å². The van der Waals surface area contributed by atoms with Crippen molar-refractivity contribution in [3.8, 4) is 0 Å². The third-order valence-electron chi connectivity index (χ3n) is 2.66. The van der Waals surface area contributed by atoms with Gasteiger partial charge in [0.05, 0.1) is 12.2 Å². The maximum Gasteiger partial charge on any atom is 0.241 e. The number of rotatable bonds is 5. The van der Waals surface area contributed by atoms with Gasteiger partial charge in [-0.25, -0.2) is 4.39 Å². The van der Waals surface area contributed by atoms with E-state index in [0.717, 1.165) is 0 Å². The van der Waals surface area contributed by atoms with Gasteiger partial charge in [-0.1, -0.05) is 0 Å². The summed E-state index contributed by atoms with van der Waals surface area (Å²) in [4.78, 5) is 25.3. The first kappa shape index (κ1) is 14.2. The normalized spacial score (nSPS) is 10.0. The summed E-state index contributed by atoms with van der Waals surface area (Å²) in [6.07, 6.45) is 0.591. The number of benzene rings is 1. The second kappa shape index (κ2) is 6.14. The highest BCUT2D eigenvalue weighted by molar-refractivity contribution is 5.81. The molecule has 0 fully saturated rings. The zero-order valence-corrected chi connectivity index (χ0v) is 10.8. The minimum atomic E-state index is -0.493. The summed E-state index contributed by atoms with van der Waals surface area (Å²) in [5, 5.41) is 0. The van der Waals surface area contributed by atoms with Gasteiger partial charge >= 0.3 is 0 Å². The van der Waals surface area contributed by atoms with Crippen LogP contribution in [0.15, 0.2) is 18.2 Å². The van der Waals surface area contributed by atoms with Gasteiger partial charge in [0.1, 0.15) is 12.1 Å². The monoisotopic (exact) mass is 252 g/mol. The number of carbonyl (C=O) groups excluding carboxylic acids is 2. The largest absolute Gasteiger partial charge is 0.360 e. The predicted octanol–water partition coefficient (Wildman–Crippen LogP) is 1.55. The van der Waals surface area contributed by atoms with E-state index in [1.54, 1.807) is 19.0 Å². The van der Waals surface area contributed by atoms with E-state index in [9.17, 15) is 14.0 Å². The number of likely N-dealkylation sites (N-methyl/N-ethyl adjacent to an activating group) is 2. The maximum atomic E-state index is 13.8. The van der Waals surface area contributed by atoms with E-state index in [1.165, 1.54) is 23.1 Å². The fraction of sp³-hybridized carbons (Fsp3) is 0.385. The number of hydrogen-bond donors (Lipinski definition) is 0. The van der Waals surface area contributed by atoms with Crippen LogP contribution in [-0.4, -0.2) is 44.3 Å². The van der Waals surface area contributed by atoms with Gasteiger partial charge in [-0.15, -0.1) is 0 Å². The van der Waals surface area contributed by atoms with Gasteiger partial charge in [-0.2, -0.15) is 0 Å². The van der Waals surface area contributed by atoms with Crippen LogP contribution >= 0.6 is 0 Å². The van der Waals surface area contributed by atoms with E-state index in [0.29, 0.717) is 18.5 Å². The highest BCUT2D eigenvalue weighted by atomic mass is 19.1. The Morgan fingerprint density at radius 2 is 2.06 bits per heavy atom. The molecule has 0 N–H and O–H groups in total. The summed E-state index contributed by atoms with van der Waals surface area (Å²) in [6, 6.07) is 4.23. The second-order valence-corrected chi connectivity index (χ2v) is 4.13. The number of hydrogen-bond acceptors (Lipinski definition) is 3. The maximum absolute atomic E-state index is 13.8. The molecule has 0 aliphatic heterocycles. The van der Waals surface area contributed by atoms with Crippen molar-refractivity contribution < 1.29 is 14.0 Å². The summed E-state index contributed by atoms with van der Waals surface area (Å²) in [7, 11) is 3.31. The van der Waals surface area contributed by atoms with Crippen LogP contribution in [0, 0.1) is 5.82 Å². The lowest BCUT2D eigenvalue weighted by atomic mass is 10.2. The molecule has 1 aromatic rings. The number of carbonyl (C=O) groups is 2. The summed E-state index contributed by atoms with van der Waals surface area (Å²) < 4.78 is 13.8. The Balaban J connectivity index is 2.95. The summed E-state index contributed by atoms with van der Waals surface area (Å²) in [6.45, 7) is 2.47. The fourth-order valence-corrected chi connectivity index (χ4v) is 1.52. The van der Waals surface area contributed by atoms with Crippen molar-refractivity contribution in [3.63, 3.8) is 0 Å². The highest BCUT2D eigenvalue weighted by Gasteiger charge is 2.15. The lowest BCUT2D eigenvalue weighted by Crippen LogP contribution is -2.37. The molecular formula is C13H17FN2O2. The minimum Gasteiger partial charge on any atom is -0.360 e. The zero-order chi connectivity index (χ0) is 13.7. The van der Waals surface area contributed by atoms with E-state index in [2.05, 4.69) is 0 Å². The molecule has 0 atom stereocenters. The first-order valence-electron chi connectivity index (χ1n) is 5.69. The molecule has 5 heteroatoms. The summed E-state index contributed by atoms with van der Waals surface area (Å²) in [5.41, 5.74) is 0.615. The van der Waals surface area contributed by atoms with E-state index in [4.69, 9.17) is 0 Å². The van der Waals surface area contributed by atoms with Crippen LogP contribution in [0.25, 0.3) is 0 Å². The molecule has 0 heterocycles. The SMILES string of the molecule is CCN(CC(=O)N(C)C)c1ccc(C=O)cc1F. The number of amides is 1. The van der Waals surface area contributed by atoms with Gasteiger partial charge in [-0.05, 0) is 25.1 Å². The Morgan fingerprint density at radius 3 is 2.50 bits per heavy atom. The van der Waals surface area contributed by atoms with Gasteiger partial charge in [0.2, 0.25) is 5.91 Å². The Morgan fingerprint density at radius 1 is 1.39 bits per heavy atom. The number of halogens is 1. The molecule has 0 bridgehead atoms. The van der Waals surface area contributed by atoms with Gasteiger partial charge in [0.15, 0.2) is 0 Å². The molecule has 0 saturated carbocycles. The number of aldehydes is 1. The van der Waals surface area contributed by atoms with Crippen molar-refractivity contribution >= 4 is 17.9 Å². The standard InChI is InChI=1S/C13H17FN2O2/c1-4-16(8-13(18)15(2)3)12-6-5-10(9-17)7-11(12)14/h5-7,9H,4,8H2,1-3H3. The van der Waals surface area contributed by atoms with Crippen LogP contribution in [0.4, 0.5) is 10.1 Å². The summed E-state index contributed by atoms with van der Waals surface area (Å²) in [5.74, 6) is -0.594. The molecule has 0 aliphatic rings. The van der Waals surface area contributed by atoms with E-state index >= 15 is 0 Å². The Kier molecular flexibility index (Phi) is 4.83. The lowest BCUT2D eigenvalue weighted by molar-refractivity contribution is -0.127. The summed E-state index contributed by atoms with van der Waals surface area (Å²) >= 11 is 0. The van der Waals surface area contributed by atoms with Crippen LogP contribution in [0.5, 0.6) is 0 Å². The average molecular weight is 252 g/mol. The first-order valence-corrected chi connectivity index (χ1v) is 5.69. The quantitative estimate of drug-likeness (QED) is 0.747. The molecule has 0 aromatic heterocycles. The van der Waals surface area contributed by atoms with E-state index in [1.807, 2.05) is 6.92 Å². The van der Waals surface area contributed by atoms with Crippen molar-refractivity contribution in [2.75, 3.05) is 32.1 Å². The van der Waals surface area contributed by atoms with Crippen molar-refractivity contribution in [1.29, 1.82) is 0 Å². The van der Waals surface area contributed by atoms with Crippen molar-refractivity contribution in [1.82, 2.24) is 4.90 Å². The van der Waals surface area contributed by atoms with Gasteiger partial charge in [0, 0.05) is 26.2 Å². The van der Waals surface area contributed by atoms with E-state index in [-0.39, 0.29) is 18.0 Å². The average Bonchev–Trinajstić information content (AvgIpc) is 2.35. The Bertz CT molecular complexity index is 447. The van der Waals surface area contributed by atoms with Crippen molar-refractivity contribution in [2.45, 2.75) is 6.92 Å². The predicted molar refractivity (Wildman–Crippen MR) is 68.4 cm³/mol. The lowest BCUT2D eigenvalue weighted by Gasteiger charge is -2.24. The number of anilines is 1. The van der Waals surface area contributed by atoms with Crippen LogP contribution in [-0.2, 0) is 4.79 Å². The minimum absolute atomic E-state index is 0.101. The molecule has 1 aromatic carbocycles. The topological polar surface area (TPSA) is 40.6 Å². The second-order valence-electron chi connectivity index (χ2n) is 4.13. The highest BCUT2D eigenvalue weighted by Crippen LogP contribution is 2.19. The molecule has 1 rings (SSSR count). The third-order valence-corrected chi connectivity index (χ3v) is 2.66. The molecular weight excluding hydrogens is 235 g/mol. The Labute approximate surface area is 106 Å². The number of nitrogens with zero attached hydrogens (tertiary/aromatic N) is 2. The molecule has 0 saturated heterocycles. The van der Waals surface area contributed by atoms with Gasteiger partial charge in [-0.3, -0.25) is 9.59 Å². The zero-order valence-electron chi connectivity index (χ0n) is 10.8. The van der Waals surface area contributed by atoms with E-state index < -0.39 is 5.82 Å². The Hall–Kier alpha value is -1.91. The molecule has 4 nitrogen and oxygen atoms in total. The van der Waals surface area contributed by atoms with Crippen LogP contribution in [0.3, 0.4) is 0 Å². The van der Waals surface area contributed by atoms with Gasteiger partial charge in [0.25, 0.3) is 0 Å². The molecule has 0 radical (unpaired) electrons. The molecule has 0 aliphatic carbocycles. The molecule has 18 heavy (non-hydrogen) atoms. The fourth-order valence-electron chi connectivity index (χ4n) is 1.52. The molecule has 0 spiro atoms. The van der Waals surface area contributed by atoms with Crippen molar-refractivity contribution in [2.24, 2.45) is 0 Å². The molecule has 1 amide bonds. The smallest absolute Gasteiger partial charge is 0.241 e. The molecule has 0 unspecified atom stereocenters. The first-order chi connectivity index (χ1) is 8.49. The molecule has 98 valence electrons. The van der Waals surface area contributed by atoms with Crippen molar-refractivity contribution in [3.05, 3.63) is 29.6 Å². The third kappa shape index (κ3) is 3.29. The van der Waals surface area contributed by atoms with Crippen LogP contribution in [0.1, 0.15) is 17.3 Å².